The molecule has 0 bridgehead atoms. The van der Waals surface area contributed by atoms with Crippen LogP contribution in [0.5, 0.6) is 5.75 Å². The van der Waals surface area contributed by atoms with E-state index in [2.05, 4.69) is 18.4 Å². The predicted molar refractivity (Wildman–Crippen MR) is 103 cm³/mol. The van der Waals surface area contributed by atoms with Gasteiger partial charge in [0.25, 0.3) is 0 Å². The highest BCUT2D eigenvalue weighted by molar-refractivity contribution is 7.29. The molecule has 1 aromatic heterocycles. The van der Waals surface area contributed by atoms with E-state index in [0.29, 0.717) is 5.75 Å². The van der Waals surface area contributed by atoms with Gasteiger partial charge in [-0.1, -0.05) is 34.8 Å². The second-order valence-corrected chi connectivity index (χ2v) is 8.31. The Labute approximate surface area is 158 Å². The highest BCUT2D eigenvalue weighted by Gasteiger charge is 2.32. The molecule has 0 fully saturated rings. The number of halogens is 2. The van der Waals surface area contributed by atoms with Gasteiger partial charge in [-0.3, -0.25) is 0 Å². The molecule has 0 radical (unpaired) electrons. The SMILES string of the molecule is CC[N+](CC)=c1sc2c(s1)C(c1ccc(F)cc1)Oc1ccc(F)cc1-2. The lowest BCUT2D eigenvalue weighted by Gasteiger charge is -2.25. The molecule has 0 N–H and O–H groups in total. The molecule has 1 unspecified atom stereocenters. The molecule has 6 heteroatoms. The summed E-state index contributed by atoms with van der Waals surface area (Å²) < 4.78 is 36.9. The van der Waals surface area contributed by atoms with Crippen LogP contribution in [-0.2, 0) is 0 Å². The number of ether oxygens (including phenoxy) is 1. The molecular formula is C20H18F2NOS2+. The van der Waals surface area contributed by atoms with Gasteiger partial charge in [0, 0.05) is 5.56 Å². The second-order valence-electron chi connectivity index (χ2n) is 6.03. The van der Waals surface area contributed by atoms with Crippen LogP contribution in [0.2, 0.25) is 0 Å². The number of benzene rings is 2. The first kappa shape index (κ1) is 17.4. The first-order valence-corrected chi connectivity index (χ1v) is 10.2. The minimum absolute atomic E-state index is 0.273. The lowest BCUT2D eigenvalue weighted by atomic mass is 10.0. The van der Waals surface area contributed by atoms with Crippen molar-refractivity contribution in [2.75, 3.05) is 13.1 Å². The fourth-order valence-corrected chi connectivity index (χ4v) is 6.13. The third-order valence-electron chi connectivity index (χ3n) is 4.47. The van der Waals surface area contributed by atoms with Crippen molar-refractivity contribution in [3.63, 3.8) is 0 Å². The van der Waals surface area contributed by atoms with Gasteiger partial charge in [0.05, 0.1) is 9.75 Å². The van der Waals surface area contributed by atoms with E-state index in [9.17, 15) is 8.78 Å². The Bertz CT molecular complexity index is 1020. The Morgan fingerprint density at radius 3 is 2.35 bits per heavy atom. The topological polar surface area (TPSA) is 12.2 Å². The van der Waals surface area contributed by atoms with Crippen LogP contribution >= 0.6 is 22.7 Å². The summed E-state index contributed by atoms with van der Waals surface area (Å²) in [5.41, 5.74) is 1.68. The first-order valence-electron chi connectivity index (χ1n) is 8.54. The number of fused-ring (bicyclic) bond motifs is 3. The number of hydrogen-bond acceptors (Lipinski definition) is 3. The maximum absolute atomic E-state index is 13.9. The molecule has 0 aliphatic carbocycles. The molecule has 1 aliphatic heterocycles. The number of hydrogen-bond donors (Lipinski definition) is 0. The monoisotopic (exact) mass is 390 g/mol. The van der Waals surface area contributed by atoms with Crippen molar-refractivity contribution in [2.45, 2.75) is 20.0 Å². The van der Waals surface area contributed by atoms with Gasteiger partial charge in [-0.05, 0) is 49.7 Å². The summed E-state index contributed by atoms with van der Waals surface area (Å²) in [6.07, 6.45) is -0.311. The van der Waals surface area contributed by atoms with Gasteiger partial charge in [-0.25, -0.2) is 13.4 Å². The van der Waals surface area contributed by atoms with Crippen molar-refractivity contribution in [3.8, 4) is 16.2 Å². The van der Waals surface area contributed by atoms with Crippen molar-refractivity contribution in [1.82, 2.24) is 4.58 Å². The van der Waals surface area contributed by atoms with Crippen LogP contribution in [0.25, 0.3) is 10.4 Å². The van der Waals surface area contributed by atoms with Crippen molar-refractivity contribution in [3.05, 3.63) is 68.5 Å². The van der Waals surface area contributed by atoms with E-state index in [0.717, 1.165) is 34.0 Å². The summed E-state index contributed by atoms with van der Waals surface area (Å²) in [4.78, 5) is 2.08. The van der Waals surface area contributed by atoms with E-state index in [4.69, 9.17) is 4.74 Å². The summed E-state index contributed by atoms with van der Waals surface area (Å²) in [5.74, 6) is 0.111. The molecular weight excluding hydrogens is 372 g/mol. The molecule has 0 amide bonds. The van der Waals surface area contributed by atoms with E-state index in [1.54, 1.807) is 40.9 Å². The first-order chi connectivity index (χ1) is 12.6. The molecule has 134 valence electrons. The molecule has 2 heterocycles. The lowest BCUT2D eigenvalue weighted by molar-refractivity contribution is 0.247. The van der Waals surface area contributed by atoms with Gasteiger partial charge >= 0.3 is 3.98 Å². The molecule has 0 saturated carbocycles. The summed E-state index contributed by atoms with van der Waals surface area (Å²) in [7, 11) is 0. The van der Waals surface area contributed by atoms with Crippen LogP contribution in [0.3, 0.4) is 0 Å². The van der Waals surface area contributed by atoms with Crippen molar-refractivity contribution in [2.24, 2.45) is 0 Å². The third kappa shape index (κ3) is 2.97. The molecule has 2 aromatic carbocycles. The van der Waals surface area contributed by atoms with E-state index in [-0.39, 0.29) is 17.7 Å². The average molecular weight is 391 g/mol. The zero-order chi connectivity index (χ0) is 18.3. The summed E-state index contributed by atoms with van der Waals surface area (Å²) in [6.45, 7) is 6.06. The van der Waals surface area contributed by atoms with Gasteiger partial charge in [-0.15, -0.1) is 0 Å². The van der Waals surface area contributed by atoms with Crippen LogP contribution in [0.4, 0.5) is 8.78 Å². The molecule has 4 rings (SSSR count). The molecule has 0 spiro atoms. The maximum atomic E-state index is 13.9. The highest BCUT2D eigenvalue weighted by atomic mass is 32.2. The van der Waals surface area contributed by atoms with E-state index >= 15 is 0 Å². The van der Waals surface area contributed by atoms with Crippen LogP contribution in [-0.4, -0.2) is 13.1 Å². The normalized spacial score (nSPS) is 15.2. The fourth-order valence-electron chi connectivity index (χ4n) is 3.09. The third-order valence-corrected chi connectivity index (χ3v) is 7.25. The quantitative estimate of drug-likeness (QED) is 0.570. The summed E-state index contributed by atoms with van der Waals surface area (Å²) >= 11 is 3.34. The zero-order valence-corrected chi connectivity index (χ0v) is 16.1. The Morgan fingerprint density at radius 1 is 0.962 bits per heavy atom. The zero-order valence-electron chi connectivity index (χ0n) is 14.5. The Kier molecular flexibility index (Phi) is 4.63. The van der Waals surface area contributed by atoms with Crippen molar-refractivity contribution in [1.29, 1.82) is 0 Å². The average Bonchev–Trinajstić information content (AvgIpc) is 3.08. The van der Waals surface area contributed by atoms with Gasteiger partial charge in [-0.2, -0.15) is 0 Å². The molecule has 0 saturated heterocycles. The van der Waals surface area contributed by atoms with Crippen molar-refractivity contribution < 1.29 is 13.5 Å². The second kappa shape index (κ2) is 6.93. The minimum Gasteiger partial charge on any atom is -0.479 e. The van der Waals surface area contributed by atoms with Gasteiger partial charge in [0.2, 0.25) is 0 Å². The van der Waals surface area contributed by atoms with Gasteiger partial charge < -0.3 is 4.74 Å². The highest BCUT2D eigenvalue weighted by Crippen LogP contribution is 2.47. The Balaban J connectivity index is 1.95. The maximum Gasteiger partial charge on any atom is 0.314 e. The number of nitrogens with zero attached hydrogens (tertiary/aromatic N) is 1. The summed E-state index contributed by atoms with van der Waals surface area (Å²) in [6, 6.07) is 11.0. The lowest BCUT2D eigenvalue weighted by Crippen LogP contribution is -2.25. The molecule has 2 nitrogen and oxygen atoms in total. The fraction of sp³-hybridized carbons (Fsp3) is 0.250. The van der Waals surface area contributed by atoms with Crippen LogP contribution in [0.1, 0.15) is 30.4 Å². The molecule has 1 atom stereocenters. The molecule has 26 heavy (non-hydrogen) atoms. The largest absolute Gasteiger partial charge is 0.479 e. The minimum atomic E-state index is -0.311. The van der Waals surface area contributed by atoms with E-state index < -0.39 is 0 Å². The Morgan fingerprint density at radius 2 is 1.65 bits per heavy atom. The number of rotatable bonds is 3. The van der Waals surface area contributed by atoms with Crippen LogP contribution in [0, 0.1) is 11.6 Å². The predicted octanol–water partition coefficient (Wildman–Crippen LogP) is 5.05. The van der Waals surface area contributed by atoms with Crippen LogP contribution in [0.15, 0.2) is 42.5 Å². The Hall–Kier alpha value is -2.05. The van der Waals surface area contributed by atoms with E-state index in [1.807, 2.05) is 0 Å². The van der Waals surface area contributed by atoms with Crippen LogP contribution < -0.4 is 13.3 Å². The molecule has 3 aromatic rings. The standard InChI is InChI=1S/C20H18F2NOS2/c1-3-23(4-2)20-25-18-15-11-14(22)9-10-16(15)24-17(19(18)26-20)12-5-7-13(21)8-6-12/h5-11,17H,3-4H2,1-2H3/q+1. The van der Waals surface area contributed by atoms with Crippen molar-refractivity contribution >= 4 is 22.7 Å². The molecule has 1 aliphatic rings. The van der Waals surface area contributed by atoms with Gasteiger partial charge in [0.15, 0.2) is 6.10 Å². The van der Waals surface area contributed by atoms with E-state index in [1.165, 1.54) is 28.3 Å². The smallest absolute Gasteiger partial charge is 0.314 e. The summed E-state index contributed by atoms with van der Waals surface area (Å²) in [5, 5.41) is 0. The van der Waals surface area contributed by atoms with Gasteiger partial charge in [0.1, 0.15) is 30.5 Å².